The van der Waals surface area contributed by atoms with Crippen molar-refractivity contribution in [2.75, 3.05) is 31.6 Å². The molecule has 0 unspecified atom stereocenters. The highest BCUT2D eigenvalue weighted by Crippen LogP contribution is 2.46. The third-order valence-electron chi connectivity index (χ3n) is 8.65. The lowest BCUT2D eigenvalue weighted by molar-refractivity contribution is -0.142. The molecule has 0 saturated heterocycles. The molecule has 3 heterocycles. The number of para-hydroxylation sites is 1. The highest BCUT2D eigenvalue weighted by molar-refractivity contribution is 7.92. The summed E-state index contributed by atoms with van der Waals surface area (Å²) in [4.78, 5) is 20.3. The second-order valence-electron chi connectivity index (χ2n) is 13.4. The van der Waals surface area contributed by atoms with Gasteiger partial charge in [-0.3, -0.25) is 23.8 Å². The first-order valence-electron chi connectivity index (χ1n) is 18.6. The standard InChI is InChI=1S/C36H33F7N8O3S.2C2H6/c1-49(2)14-6-7-23-10-11-24(25-8-5-9-26-31(25)50(3)47-34(26)48-55(4,53)54)30(44-23)28(17-20-15-21(37)18-22(38)16-20)45-29(52)19-51-33-27(12-13-35(33,39)40)32(46-51)36(41,42)43;2*1-2/h5,8-11,15-16,18,28H,12-14,17,19H2,1-4H3,(H,45,52)(H,47,48);2*1-2H3/t28-;;/m0../s1. The fraction of sp³-hybridized carbons (Fsp3) is 0.400. The number of carbonyl (C=O) groups is 1. The van der Waals surface area contributed by atoms with Crippen molar-refractivity contribution in [3.05, 3.63) is 94.1 Å². The van der Waals surface area contributed by atoms with E-state index in [0.29, 0.717) is 39.3 Å². The predicted octanol–water partition coefficient (Wildman–Crippen LogP) is 7.60. The Morgan fingerprint density at radius 3 is 2.27 bits per heavy atom. The van der Waals surface area contributed by atoms with Gasteiger partial charge in [-0.15, -0.1) is 0 Å². The number of sulfonamides is 1. The van der Waals surface area contributed by atoms with Crippen LogP contribution in [0.3, 0.4) is 0 Å². The maximum absolute atomic E-state index is 14.9. The van der Waals surface area contributed by atoms with Crippen LogP contribution in [0.4, 0.5) is 36.6 Å². The summed E-state index contributed by atoms with van der Waals surface area (Å²) in [6.07, 6.45) is -5.93. The SMILES string of the molecule is CC.CC.CN(C)CC#Cc1ccc(-c2cccc3c(NS(C)(=O)=O)nn(C)c23)c([C@H](Cc2cc(F)cc(F)c2)NC(=O)Cn2nc(C(F)(F)F)c3c2C(F)(F)CC3)n1. The van der Waals surface area contributed by atoms with Gasteiger partial charge in [0.2, 0.25) is 15.9 Å². The lowest BCUT2D eigenvalue weighted by Gasteiger charge is -2.23. The van der Waals surface area contributed by atoms with Gasteiger partial charge in [0.1, 0.15) is 29.6 Å². The number of benzene rings is 2. The van der Waals surface area contributed by atoms with E-state index in [4.69, 9.17) is 4.98 Å². The number of halogens is 7. The fourth-order valence-corrected chi connectivity index (χ4v) is 7.08. The molecule has 2 N–H and O–H groups in total. The molecule has 1 amide bonds. The van der Waals surface area contributed by atoms with Crippen LogP contribution in [0.2, 0.25) is 0 Å². The number of anilines is 1. The van der Waals surface area contributed by atoms with Crippen LogP contribution >= 0.6 is 0 Å². The second kappa shape index (κ2) is 18.6. The average molecular weight is 851 g/mol. The minimum atomic E-state index is -5.06. The highest BCUT2D eigenvalue weighted by Gasteiger charge is 2.50. The number of alkyl halides is 5. The molecule has 2 aromatic carbocycles. The number of carbonyl (C=O) groups excluding carboxylic acids is 1. The number of nitrogens with one attached hydrogen (secondary N) is 2. The molecule has 11 nitrogen and oxygen atoms in total. The topological polar surface area (TPSA) is 127 Å². The van der Waals surface area contributed by atoms with E-state index in [1.54, 1.807) is 56.4 Å². The zero-order valence-corrected chi connectivity index (χ0v) is 34.5. The first-order chi connectivity index (χ1) is 27.7. The summed E-state index contributed by atoms with van der Waals surface area (Å²) >= 11 is 0. The van der Waals surface area contributed by atoms with Gasteiger partial charge < -0.3 is 5.32 Å². The van der Waals surface area contributed by atoms with Crippen molar-refractivity contribution >= 4 is 32.7 Å². The molecule has 0 bridgehead atoms. The average Bonchev–Trinajstić information content (AvgIpc) is 3.79. The van der Waals surface area contributed by atoms with Gasteiger partial charge in [-0.1, -0.05) is 45.7 Å². The van der Waals surface area contributed by atoms with Gasteiger partial charge in [0.15, 0.2) is 11.5 Å². The number of fused-ring (bicyclic) bond motifs is 2. The molecule has 1 aliphatic rings. The lowest BCUT2D eigenvalue weighted by Crippen LogP contribution is -2.35. The number of hydrogen-bond acceptors (Lipinski definition) is 7. The van der Waals surface area contributed by atoms with Crippen LogP contribution in [0, 0.1) is 23.5 Å². The molecule has 1 aliphatic carbocycles. The molecular weight excluding hydrogens is 806 g/mol. The molecule has 0 fully saturated rings. The molecule has 0 radical (unpaired) electrons. The molecule has 19 heteroatoms. The van der Waals surface area contributed by atoms with E-state index >= 15 is 0 Å². The molecule has 59 heavy (non-hydrogen) atoms. The molecule has 0 aliphatic heterocycles. The van der Waals surface area contributed by atoms with Crippen LogP contribution in [0.15, 0.2) is 48.5 Å². The number of amides is 1. The second-order valence-corrected chi connectivity index (χ2v) is 15.1. The normalized spacial score (nSPS) is 13.7. The largest absolute Gasteiger partial charge is 0.435 e. The quantitative estimate of drug-likeness (QED) is 0.110. The smallest absolute Gasteiger partial charge is 0.346 e. The molecule has 0 spiro atoms. The molecule has 3 aromatic heterocycles. The van der Waals surface area contributed by atoms with E-state index in [-0.39, 0.29) is 29.2 Å². The number of hydrogen-bond donors (Lipinski definition) is 2. The first kappa shape index (κ1) is 46.2. The van der Waals surface area contributed by atoms with E-state index in [0.717, 1.165) is 18.4 Å². The Morgan fingerprint density at radius 1 is 1.00 bits per heavy atom. The van der Waals surface area contributed by atoms with Crippen LogP contribution in [-0.2, 0) is 53.4 Å². The number of aromatic nitrogens is 5. The maximum Gasteiger partial charge on any atom is 0.435 e. The zero-order valence-electron chi connectivity index (χ0n) is 33.7. The molecule has 1 atom stereocenters. The van der Waals surface area contributed by atoms with Gasteiger partial charge in [-0.2, -0.15) is 32.1 Å². The minimum Gasteiger partial charge on any atom is -0.346 e. The van der Waals surface area contributed by atoms with Crippen molar-refractivity contribution in [3.63, 3.8) is 0 Å². The predicted molar refractivity (Wildman–Crippen MR) is 211 cm³/mol. The third kappa shape index (κ3) is 11.0. The fourth-order valence-electron chi connectivity index (χ4n) is 6.58. The monoisotopic (exact) mass is 850 g/mol. The third-order valence-corrected chi connectivity index (χ3v) is 9.21. The first-order valence-corrected chi connectivity index (χ1v) is 20.5. The summed E-state index contributed by atoms with van der Waals surface area (Å²) in [6, 6.07) is 9.49. The van der Waals surface area contributed by atoms with Crippen molar-refractivity contribution in [1.29, 1.82) is 0 Å². The van der Waals surface area contributed by atoms with Crippen molar-refractivity contribution in [2.45, 2.75) is 71.6 Å². The van der Waals surface area contributed by atoms with Gasteiger partial charge in [0, 0.05) is 41.6 Å². The summed E-state index contributed by atoms with van der Waals surface area (Å²) < 4.78 is 129. The van der Waals surface area contributed by atoms with Gasteiger partial charge in [-0.25, -0.2) is 22.2 Å². The summed E-state index contributed by atoms with van der Waals surface area (Å²) in [7, 11) is 1.40. The van der Waals surface area contributed by atoms with Crippen LogP contribution in [-0.4, -0.2) is 70.7 Å². The summed E-state index contributed by atoms with van der Waals surface area (Å²) in [6.45, 7) is 7.28. The Bertz CT molecular complexity index is 2470. The van der Waals surface area contributed by atoms with E-state index in [9.17, 15) is 43.9 Å². The van der Waals surface area contributed by atoms with Crippen LogP contribution < -0.4 is 10.0 Å². The molecule has 5 aromatic rings. The zero-order chi connectivity index (χ0) is 44.0. The minimum absolute atomic E-state index is 0.0180. The Labute approximate surface area is 338 Å². The molecular formula is C40H45F7N8O3S. The Balaban J connectivity index is 0.00000186. The van der Waals surface area contributed by atoms with E-state index < -0.39 is 82.0 Å². The van der Waals surface area contributed by atoms with E-state index in [1.165, 1.54) is 4.68 Å². The van der Waals surface area contributed by atoms with Crippen molar-refractivity contribution in [3.8, 4) is 23.0 Å². The number of nitrogens with zero attached hydrogens (tertiary/aromatic N) is 6. The van der Waals surface area contributed by atoms with E-state index in [2.05, 4.69) is 32.1 Å². The Morgan fingerprint density at radius 2 is 1.66 bits per heavy atom. The molecule has 0 saturated carbocycles. The highest BCUT2D eigenvalue weighted by atomic mass is 32.2. The summed E-state index contributed by atoms with van der Waals surface area (Å²) in [5.41, 5.74) is -1.73. The Kier molecular flexibility index (Phi) is 14.6. The number of aryl methyl sites for hydroxylation is 1. The van der Waals surface area contributed by atoms with Crippen molar-refractivity contribution in [2.24, 2.45) is 7.05 Å². The van der Waals surface area contributed by atoms with Gasteiger partial charge >= 0.3 is 6.18 Å². The van der Waals surface area contributed by atoms with E-state index in [1.807, 2.05) is 27.7 Å². The van der Waals surface area contributed by atoms with Crippen LogP contribution in [0.5, 0.6) is 0 Å². The maximum atomic E-state index is 14.9. The van der Waals surface area contributed by atoms with Gasteiger partial charge in [0.05, 0.1) is 30.1 Å². The number of pyridine rings is 1. The van der Waals surface area contributed by atoms with Gasteiger partial charge in [-0.05, 0) is 68.8 Å². The van der Waals surface area contributed by atoms with Crippen LogP contribution in [0.25, 0.3) is 22.0 Å². The summed E-state index contributed by atoms with van der Waals surface area (Å²) in [5.74, 6) is -0.724. The molecule has 6 rings (SSSR count). The lowest BCUT2D eigenvalue weighted by atomic mass is 9.93. The summed E-state index contributed by atoms with van der Waals surface area (Å²) in [5, 5.41) is 10.7. The molecule has 318 valence electrons. The van der Waals surface area contributed by atoms with Gasteiger partial charge in [0.25, 0.3) is 5.92 Å². The van der Waals surface area contributed by atoms with Crippen LogP contribution in [0.1, 0.15) is 74.1 Å². The van der Waals surface area contributed by atoms with Crippen molar-refractivity contribution in [1.82, 2.24) is 34.8 Å². The Hall–Kier alpha value is -5.48. The van der Waals surface area contributed by atoms with Crippen molar-refractivity contribution < 1.29 is 43.9 Å². The number of rotatable bonds is 10.